The normalized spacial score (nSPS) is 23.8. The fraction of sp³-hybridized carbons (Fsp3) is 0.542. The lowest BCUT2D eigenvalue weighted by Crippen LogP contribution is -2.45. The zero-order valence-electron chi connectivity index (χ0n) is 18.9. The number of hydrogen-bond acceptors (Lipinski definition) is 5. The molecule has 1 heterocycles. The Hall–Kier alpha value is -2.67. The minimum atomic E-state index is -0.624. The van der Waals surface area contributed by atoms with Crippen LogP contribution in [0.4, 0.5) is 0 Å². The van der Waals surface area contributed by atoms with Gasteiger partial charge in [-0.3, -0.25) is 9.59 Å². The molecule has 7 nitrogen and oxygen atoms in total. The Bertz CT molecular complexity index is 891. The van der Waals surface area contributed by atoms with Gasteiger partial charge in [0.05, 0.1) is 24.3 Å². The van der Waals surface area contributed by atoms with Gasteiger partial charge in [-0.2, -0.15) is 0 Å². The van der Waals surface area contributed by atoms with Crippen molar-refractivity contribution in [2.45, 2.75) is 70.4 Å². The van der Waals surface area contributed by atoms with Crippen LogP contribution in [0.1, 0.15) is 55.2 Å². The molecule has 2 aromatic rings. The number of aliphatic hydroxyl groups excluding tert-OH is 1. The quantitative estimate of drug-likeness (QED) is 0.691. The SMILES string of the molecule is CC(=O)NC[C@]1(c2ccccc2)CC[C@@H](O)[C@H](N(C)C(=O)Cc2c(C)noc2C)CC1. The van der Waals surface area contributed by atoms with E-state index in [0.29, 0.717) is 25.1 Å². The summed E-state index contributed by atoms with van der Waals surface area (Å²) in [5.41, 5.74) is 2.42. The van der Waals surface area contributed by atoms with Crippen LogP contribution >= 0.6 is 0 Å². The van der Waals surface area contributed by atoms with Crippen molar-refractivity contribution in [3.05, 3.63) is 52.9 Å². The number of amides is 2. The standard InChI is InChI=1S/C24H33N3O4/c1-16-20(17(2)31-26-16)14-23(30)27(4)21-10-12-24(13-11-22(21)29,15-25-18(3)28)19-8-6-5-7-9-19/h5-9,21-22,29H,10-15H2,1-4H3,(H,25,28)/t21-,22-,24-/m1/s1. The summed E-state index contributed by atoms with van der Waals surface area (Å²) in [7, 11) is 1.76. The Balaban J connectivity index is 1.78. The average Bonchev–Trinajstić information content (AvgIpc) is 2.97. The van der Waals surface area contributed by atoms with E-state index in [0.717, 1.165) is 29.7 Å². The maximum absolute atomic E-state index is 13.0. The summed E-state index contributed by atoms with van der Waals surface area (Å²) in [6.07, 6.45) is 2.29. The molecule has 0 aliphatic heterocycles. The molecule has 1 aromatic heterocycles. The van der Waals surface area contributed by atoms with Crippen LogP contribution < -0.4 is 5.32 Å². The van der Waals surface area contributed by atoms with E-state index in [4.69, 9.17) is 4.52 Å². The molecule has 2 N–H and O–H groups in total. The monoisotopic (exact) mass is 427 g/mol. The number of aromatic nitrogens is 1. The molecule has 31 heavy (non-hydrogen) atoms. The predicted octanol–water partition coefficient (Wildman–Crippen LogP) is 2.67. The van der Waals surface area contributed by atoms with Gasteiger partial charge in [0.15, 0.2) is 0 Å². The van der Waals surface area contributed by atoms with Crippen LogP contribution in [0.2, 0.25) is 0 Å². The van der Waals surface area contributed by atoms with Crippen molar-refractivity contribution in [3.8, 4) is 0 Å². The molecule has 0 spiro atoms. The van der Waals surface area contributed by atoms with Crippen LogP contribution in [0.5, 0.6) is 0 Å². The van der Waals surface area contributed by atoms with Gasteiger partial charge in [0.25, 0.3) is 0 Å². The number of nitrogens with one attached hydrogen (secondary N) is 1. The lowest BCUT2D eigenvalue weighted by molar-refractivity contribution is -0.133. The number of carbonyl (C=O) groups excluding carboxylic acids is 2. The maximum Gasteiger partial charge on any atom is 0.227 e. The lowest BCUT2D eigenvalue weighted by Gasteiger charge is -2.34. The minimum absolute atomic E-state index is 0.0625. The Kier molecular flexibility index (Phi) is 7.15. The zero-order chi connectivity index (χ0) is 22.6. The van der Waals surface area contributed by atoms with E-state index in [1.807, 2.05) is 25.1 Å². The summed E-state index contributed by atoms with van der Waals surface area (Å²) in [6.45, 7) is 5.67. The first-order valence-corrected chi connectivity index (χ1v) is 10.9. The fourth-order valence-electron chi connectivity index (χ4n) is 4.68. The van der Waals surface area contributed by atoms with Crippen LogP contribution in [-0.2, 0) is 21.4 Å². The number of likely N-dealkylation sites (N-methyl/N-ethyl adjacent to an activating group) is 1. The first-order chi connectivity index (χ1) is 14.7. The molecule has 1 aliphatic rings. The molecule has 1 aromatic carbocycles. The number of benzene rings is 1. The number of aryl methyl sites for hydroxylation is 2. The number of aliphatic hydroxyl groups is 1. The number of hydrogen-bond donors (Lipinski definition) is 2. The van der Waals surface area contributed by atoms with E-state index in [2.05, 4.69) is 22.6 Å². The lowest BCUT2D eigenvalue weighted by atomic mass is 9.74. The van der Waals surface area contributed by atoms with Crippen LogP contribution in [0.25, 0.3) is 0 Å². The van der Waals surface area contributed by atoms with Crippen molar-refractivity contribution in [2.24, 2.45) is 0 Å². The summed E-state index contributed by atoms with van der Waals surface area (Å²) in [4.78, 5) is 26.3. The molecule has 3 rings (SSSR count). The van der Waals surface area contributed by atoms with Crippen molar-refractivity contribution in [1.82, 2.24) is 15.4 Å². The molecule has 1 saturated carbocycles. The molecule has 0 bridgehead atoms. The molecule has 0 radical (unpaired) electrons. The van der Waals surface area contributed by atoms with Gasteiger partial charge in [-0.1, -0.05) is 35.5 Å². The van der Waals surface area contributed by atoms with E-state index in [1.54, 1.807) is 18.9 Å². The summed E-state index contributed by atoms with van der Waals surface area (Å²) in [5.74, 6) is 0.523. The fourth-order valence-corrected chi connectivity index (χ4v) is 4.68. The molecular formula is C24H33N3O4. The predicted molar refractivity (Wildman–Crippen MR) is 118 cm³/mol. The minimum Gasteiger partial charge on any atom is -0.391 e. The van der Waals surface area contributed by atoms with E-state index < -0.39 is 6.10 Å². The average molecular weight is 428 g/mol. The first-order valence-electron chi connectivity index (χ1n) is 10.9. The molecular weight excluding hydrogens is 394 g/mol. The van der Waals surface area contributed by atoms with Gasteiger partial charge >= 0.3 is 0 Å². The van der Waals surface area contributed by atoms with Gasteiger partial charge in [0, 0.05) is 31.5 Å². The summed E-state index contributed by atoms with van der Waals surface area (Å²) >= 11 is 0. The van der Waals surface area contributed by atoms with Crippen LogP contribution in [0, 0.1) is 13.8 Å². The highest BCUT2D eigenvalue weighted by Crippen LogP contribution is 2.39. The summed E-state index contributed by atoms with van der Waals surface area (Å²) in [6, 6.07) is 9.87. The van der Waals surface area contributed by atoms with Gasteiger partial charge in [0.1, 0.15) is 5.76 Å². The van der Waals surface area contributed by atoms with Gasteiger partial charge in [-0.05, 0) is 45.1 Å². The van der Waals surface area contributed by atoms with E-state index in [1.165, 1.54) is 6.92 Å². The first kappa shape index (κ1) is 23.0. The number of rotatable bonds is 6. The molecule has 3 atom stereocenters. The largest absolute Gasteiger partial charge is 0.391 e. The molecule has 2 amide bonds. The molecule has 0 unspecified atom stereocenters. The van der Waals surface area contributed by atoms with Crippen molar-refractivity contribution < 1.29 is 19.2 Å². The van der Waals surface area contributed by atoms with Crippen molar-refractivity contribution in [3.63, 3.8) is 0 Å². The topological polar surface area (TPSA) is 95.7 Å². The van der Waals surface area contributed by atoms with E-state index >= 15 is 0 Å². The second-order valence-corrected chi connectivity index (χ2v) is 8.75. The zero-order valence-corrected chi connectivity index (χ0v) is 18.9. The maximum atomic E-state index is 13.0. The van der Waals surface area contributed by atoms with Crippen LogP contribution in [0.15, 0.2) is 34.9 Å². The van der Waals surface area contributed by atoms with Crippen LogP contribution in [-0.4, -0.2) is 52.7 Å². The third-order valence-electron chi connectivity index (χ3n) is 6.74. The van der Waals surface area contributed by atoms with Crippen LogP contribution in [0.3, 0.4) is 0 Å². The molecule has 1 aliphatic carbocycles. The van der Waals surface area contributed by atoms with Crippen molar-refractivity contribution in [1.29, 1.82) is 0 Å². The van der Waals surface area contributed by atoms with E-state index in [9.17, 15) is 14.7 Å². The molecule has 7 heteroatoms. The smallest absolute Gasteiger partial charge is 0.227 e. The van der Waals surface area contributed by atoms with E-state index in [-0.39, 0.29) is 29.7 Å². The van der Waals surface area contributed by atoms with Gasteiger partial charge in [0.2, 0.25) is 11.8 Å². The molecule has 1 fully saturated rings. The Morgan fingerprint density at radius 1 is 1.23 bits per heavy atom. The second-order valence-electron chi connectivity index (χ2n) is 8.75. The van der Waals surface area contributed by atoms with Crippen molar-refractivity contribution in [2.75, 3.05) is 13.6 Å². The highest BCUT2D eigenvalue weighted by atomic mass is 16.5. The summed E-state index contributed by atoms with van der Waals surface area (Å²) < 4.78 is 5.18. The Labute approximate surface area is 183 Å². The Morgan fingerprint density at radius 2 is 1.90 bits per heavy atom. The highest BCUT2D eigenvalue weighted by Gasteiger charge is 2.40. The number of nitrogens with zero attached hydrogens (tertiary/aromatic N) is 2. The molecule has 168 valence electrons. The third kappa shape index (κ3) is 5.15. The second kappa shape index (κ2) is 9.64. The summed E-state index contributed by atoms with van der Waals surface area (Å²) in [5, 5.41) is 17.9. The van der Waals surface area contributed by atoms with Gasteiger partial charge in [-0.15, -0.1) is 0 Å². The highest BCUT2D eigenvalue weighted by molar-refractivity contribution is 5.79. The molecule has 0 saturated heterocycles. The Morgan fingerprint density at radius 3 is 2.52 bits per heavy atom. The number of carbonyl (C=O) groups is 2. The van der Waals surface area contributed by atoms with Crippen molar-refractivity contribution >= 4 is 11.8 Å². The third-order valence-corrected chi connectivity index (χ3v) is 6.74. The van der Waals surface area contributed by atoms with Gasteiger partial charge < -0.3 is 19.8 Å². The van der Waals surface area contributed by atoms with Gasteiger partial charge in [-0.25, -0.2) is 0 Å².